The largest absolute Gasteiger partial charge is 0.490 e. The zero-order chi connectivity index (χ0) is 46.1. The number of rotatable bonds is 13. The highest BCUT2D eigenvalue weighted by Crippen LogP contribution is 2.49. The summed E-state index contributed by atoms with van der Waals surface area (Å²) in [6.45, 7) is 11.5. The van der Waals surface area contributed by atoms with Crippen molar-refractivity contribution in [3.05, 3.63) is 58.6 Å². The maximum Gasteiger partial charge on any atom is 0.238 e. The van der Waals surface area contributed by atoms with Crippen LogP contribution < -0.4 is 41.8 Å². The lowest BCUT2D eigenvalue weighted by molar-refractivity contribution is -0.126. The molecule has 2 amide bonds. The Kier molecular flexibility index (Phi) is 15.1. The average molecular weight is 945 g/mol. The Hall–Kier alpha value is -3.50. The maximum absolute atomic E-state index is 13.3. The zero-order valence-corrected chi connectivity index (χ0v) is 40.8. The second-order valence-corrected chi connectivity index (χ2v) is 21.7. The number of halogens is 1. The Morgan fingerprint density at radius 1 is 0.909 bits per heavy atom. The number of aliphatic imine (C=N–C) groups is 1. The smallest absolute Gasteiger partial charge is 0.238 e. The van der Waals surface area contributed by atoms with Crippen LogP contribution in [0.4, 0.5) is 0 Å². The van der Waals surface area contributed by atoms with E-state index >= 15 is 0 Å². The van der Waals surface area contributed by atoms with Crippen LogP contribution in [0.15, 0.2) is 47.5 Å². The number of nitriles is 1. The number of hydrogen-bond acceptors (Lipinski definition) is 14. The van der Waals surface area contributed by atoms with Crippen molar-refractivity contribution in [1.82, 2.24) is 47.0 Å². The van der Waals surface area contributed by atoms with Crippen molar-refractivity contribution in [2.24, 2.45) is 16.8 Å². The van der Waals surface area contributed by atoms with Crippen molar-refractivity contribution in [1.29, 1.82) is 5.26 Å². The summed E-state index contributed by atoms with van der Waals surface area (Å²) < 4.78 is 12.7. The summed E-state index contributed by atoms with van der Waals surface area (Å²) in [5, 5.41) is 16.6. The third-order valence-corrected chi connectivity index (χ3v) is 17.7. The van der Waals surface area contributed by atoms with E-state index in [1.54, 1.807) is 18.2 Å². The molecule has 9 atom stereocenters. The second kappa shape index (κ2) is 21.0. The molecule has 0 radical (unpaired) electrons. The summed E-state index contributed by atoms with van der Waals surface area (Å²) in [7, 11) is 2.30. The minimum atomic E-state index is -0.245. The van der Waals surface area contributed by atoms with E-state index in [1.807, 2.05) is 18.7 Å². The van der Waals surface area contributed by atoms with E-state index < -0.39 is 0 Å². The van der Waals surface area contributed by atoms with Crippen LogP contribution in [0.2, 0.25) is 5.02 Å². The molecule has 8 unspecified atom stereocenters. The van der Waals surface area contributed by atoms with Gasteiger partial charge in [0.05, 0.1) is 53.0 Å². The molecule has 9 rings (SSSR count). The van der Waals surface area contributed by atoms with E-state index in [1.165, 1.54) is 0 Å². The normalized spacial score (nSPS) is 35.1. The quantitative estimate of drug-likeness (QED) is 0.157. The minimum absolute atomic E-state index is 0.0337. The van der Waals surface area contributed by atoms with Crippen LogP contribution in [-0.4, -0.2) is 130 Å². The Labute approximate surface area is 400 Å². The molecule has 2 saturated carbocycles. The van der Waals surface area contributed by atoms with Crippen LogP contribution in [0.3, 0.4) is 0 Å². The molecule has 0 aromatic heterocycles. The second-order valence-electron chi connectivity index (χ2n) is 19.8. The van der Waals surface area contributed by atoms with Gasteiger partial charge in [0.15, 0.2) is 0 Å². The summed E-state index contributed by atoms with van der Waals surface area (Å²) in [4.78, 5) is 39.3. The number of piperidine rings is 1. The first-order valence-corrected chi connectivity index (χ1v) is 26.0. The van der Waals surface area contributed by atoms with Crippen LogP contribution >= 0.6 is 23.4 Å². The molecular weight excluding hydrogens is 874 g/mol. The number of hydrogen-bond donors (Lipinski definition) is 6. The number of thioether (sulfide) groups is 1. The van der Waals surface area contributed by atoms with Crippen LogP contribution in [0.5, 0.6) is 11.5 Å². The number of hydrazine groups is 2. The Balaban J connectivity index is 0.698. The molecule has 4 saturated heterocycles. The molecule has 6 fully saturated rings. The topological polar surface area (TPSA) is 171 Å². The lowest BCUT2D eigenvalue weighted by Gasteiger charge is -2.48. The average Bonchev–Trinajstić information content (AvgIpc) is 3.79. The van der Waals surface area contributed by atoms with E-state index in [4.69, 9.17) is 31.3 Å². The fourth-order valence-electron chi connectivity index (χ4n) is 11.5. The van der Waals surface area contributed by atoms with Gasteiger partial charge in [0.25, 0.3) is 0 Å². The SMILES string of the molecule is CCNC(=O)C[C@@H]1N=C(c2ccc(OC3CC(N(C)C4CCN(C5CCC(C(=O)NC6CCC(Oc7ccc(C#N)c(Cl)c7)CC6)NN5)CC4)C3)cc2)C2C(C)C(C)SC2N2C(C)NNC12. The van der Waals surface area contributed by atoms with Gasteiger partial charge in [0.1, 0.15) is 29.7 Å². The van der Waals surface area contributed by atoms with Crippen molar-refractivity contribution in [2.75, 3.05) is 26.7 Å². The first-order valence-electron chi connectivity index (χ1n) is 24.6. The predicted molar refractivity (Wildman–Crippen MR) is 259 cm³/mol. The van der Waals surface area contributed by atoms with Gasteiger partial charge in [0, 0.05) is 73.5 Å². The molecule has 15 nitrogen and oxygen atoms in total. The zero-order valence-electron chi connectivity index (χ0n) is 39.2. The first-order chi connectivity index (χ1) is 32.0. The molecular formula is C49H70ClN11O4S. The van der Waals surface area contributed by atoms with E-state index in [0.29, 0.717) is 52.6 Å². The molecule has 6 N–H and O–H groups in total. The fraction of sp³-hybridized carbons (Fsp3) is 0.673. The van der Waals surface area contributed by atoms with Gasteiger partial charge in [-0.1, -0.05) is 25.4 Å². The molecule has 2 aliphatic carbocycles. The highest BCUT2D eigenvalue weighted by molar-refractivity contribution is 8.00. The minimum Gasteiger partial charge on any atom is -0.490 e. The highest BCUT2D eigenvalue weighted by atomic mass is 35.5. The van der Waals surface area contributed by atoms with Gasteiger partial charge < -0.3 is 25.0 Å². The third kappa shape index (κ3) is 10.4. The summed E-state index contributed by atoms with van der Waals surface area (Å²) >= 11 is 8.22. The number of nitrogens with one attached hydrogen (secondary N) is 6. The molecule has 0 bridgehead atoms. The van der Waals surface area contributed by atoms with Gasteiger partial charge in [-0.2, -0.15) is 5.26 Å². The lowest BCUT2D eigenvalue weighted by atomic mass is 9.84. The predicted octanol–water partition coefficient (Wildman–Crippen LogP) is 5.10. The molecule has 17 heteroatoms. The van der Waals surface area contributed by atoms with Gasteiger partial charge in [0.2, 0.25) is 11.8 Å². The molecule has 358 valence electrons. The van der Waals surface area contributed by atoms with Gasteiger partial charge in [-0.25, -0.2) is 21.7 Å². The maximum atomic E-state index is 13.3. The standard InChI is InChI=1S/C49H70ClN11O4S/c1-6-52-44(62)26-42-47-58-55-30(4)61(47)49-45(28(2)29(3)66-49)46(54-42)31-7-12-36(13-8-31)65-39-23-35(24-39)59(5)34-19-21-60(22-20-34)43-18-17-41(56-57-43)48(63)53-33-10-15-37(16-11-33)64-38-14-9-32(27-51)40(50)25-38/h7-9,12-14,25,28-30,33-35,37,39,41-43,45,47,49,55-58H,6,10-11,15-24,26H2,1-5H3,(H,52,62)(H,53,63)/t28?,29?,30?,33?,35?,37?,39?,41?,42-,43?,45?,47?,49?/m0/s1. The van der Waals surface area contributed by atoms with Crippen LogP contribution in [-0.2, 0) is 9.59 Å². The molecule has 5 aliphatic heterocycles. The van der Waals surface area contributed by atoms with Crippen molar-refractivity contribution < 1.29 is 19.1 Å². The fourth-order valence-corrected chi connectivity index (χ4v) is 13.6. The molecule has 2 aromatic rings. The van der Waals surface area contributed by atoms with Crippen LogP contribution in [0.25, 0.3) is 0 Å². The van der Waals surface area contributed by atoms with E-state index in [9.17, 15) is 9.59 Å². The highest BCUT2D eigenvalue weighted by Gasteiger charge is 2.53. The number of carbonyl (C=O) groups is 2. The summed E-state index contributed by atoms with van der Waals surface area (Å²) in [6.07, 6.45) is 10.4. The Bertz CT molecular complexity index is 2080. The number of benzene rings is 2. The summed E-state index contributed by atoms with van der Waals surface area (Å²) in [5.74, 6) is 2.36. The molecule has 0 spiro atoms. The van der Waals surface area contributed by atoms with Crippen molar-refractivity contribution in [3.8, 4) is 17.6 Å². The summed E-state index contributed by atoms with van der Waals surface area (Å²) in [5.41, 5.74) is 16.4. The van der Waals surface area contributed by atoms with Crippen molar-refractivity contribution in [3.63, 3.8) is 0 Å². The van der Waals surface area contributed by atoms with Gasteiger partial charge in [-0.3, -0.25) is 24.4 Å². The Morgan fingerprint density at radius 2 is 1.64 bits per heavy atom. The molecule has 7 aliphatic rings. The Morgan fingerprint density at radius 3 is 2.32 bits per heavy atom. The van der Waals surface area contributed by atoms with E-state index in [0.717, 1.165) is 94.3 Å². The molecule has 5 heterocycles. The van der Waals surface area contributed by atoms with Crippen molar-refractivity contribution >= 4 is 40.9 Å². The number of likely N-dealkylation sites (tertiary alicyclic amines) is 1. The number of ether oxygens (including phenoxy) is 2. The number of fused-ring (bicyclic) bond motifs is 3. The number of amides is 2. The first kappa shape index (κ1) is 47.6. The number of carbonyl (C=O) groups excluding carboxylic acids is 2. The van der Waals surface area contributed by atoms with E-state index in [-0.39, 0.29) is 71.9 Å². The third-order valence-electron chi connectivity index (χ3n) is 15.7. The van der Waals surface area contributed by atoms with Crippen LogP contribution in [0, 0.1) is 23.2 Å². The van der Waals surface area contributed by atoms with Gasteiger partial charge >= 0.3 is 0 Å². The van der Waals surface area contributed by atoms with Gasteiger partial charge in [-0.05, 0) is 120 Å². The number of nitrogens with zero attached hydrogens (tertiary/aromatic N) is 5. The van der Waals surface area contributed by atoms with Crippen LogP contribution in [0.1, 0.15) is 109 Å². The molecule has 2 aromatic carbocycles. The van der Waals surface area contributed by atoms with Gasteiger partial charge in [-0.15, -0.1) is 11.8 Å². The molecule has 66 heavy (non-hydrogen) atoms. The van der Waals surface area contributed by atoms with E-state index in [2.05, 4.69) is 105 Å². The monoisotopic (exact) mass is 944 g/mol. The lowest BCUT2D eigenvalue weighted by Crippen LogP contribution is -2.64. The summed E-state index contributed by atoms with van der Waals surface area (Å²) in [6, 6.07) is 16.6. The van der Waals surface area contributed by atoms with Crippen molar-refractivity contribution in [2.45, 2.75) is 170 Å².